The highest BCUT2D eigenvalue weighted by Gasteiger charge is 2.38. The second-order valence-corrected chi connectivity index (χ2v) is 7.91. The Kier molecular flexibility index (Phi) is 6.47. The van der Waals surface area contributed by atoms with Crippen LogP contribution in [0, 0.1) is 0 Å². The largest absolute Gasteiger partial charge is 0.459 e. The number of aromatic nitrogens is 3. The monoisotopic (exact) mass is 387 g/mol. The lowest BCUT2D eigenvalue weighted by Crippen LogP contribution is -2.27. The van der Waals surface area contributed by atoms with E-state index in [1.54, 1.807) is 16.8 Å². The van der Waals surface area contributed by atoms with Crippen molar-refractivity contribution in [2.45, 2.75) is 77.0 Å². The second kappa shape index (κ2) is 8.84. The summed E-state index contributed by atoms with van der Waals surface area (Å²) < 4.78 is 23.1. The topological polar surface area (TPSA) is 57.0 Å². The zero-order chi connectivity index (χ0) is 20.1. The lowest BCUT2D eigenvalue weighted by atomic mass is 9.84. The molecule has 28 heavy (non-hydrogen) atoms. The summed E-state index contributed by atoms with van der Waals surface area (Å²) in [7, 11) is 1.83. The fourth-order valence-corrected chi connectivity index (χ4v) is 3.97. The quantitative estimate of drug-likeness (QED) is 0.675. The van der Waals surface area contributed by atoms with Crippen molar-refractivity contribution in [1.82, 2.24) is 15.0 Å². The molecular formula is C22H30FN3O2. The fourth-order valence-electron chi connectivity index (χ4n) is 3.97. The van der Waals surface area contributed by atoms with Crippen LogP contribution in [0.2, 0.25) is 0 Å². The third-order valence-electron chi connectivity index (χ3n) is 5.53. The van der Waals surface area contributed by atoms with E-state index >= 15 is 4.39 Å². The van der Waals surface area contributed by atoms with Gasteiger partial charge in [0.2, 0.25) is 0 Å². The molecule has 0 spiro atoms. The van der Waals surface area contributed by atoms with Crippen LogP contribution in [0.1, 0.15) is 79.7 Å². The predicted molar refractivity (Wildman–Crippen MR) is 106 cm³/mol. The molecule has 152 valence electrons. The summed E-state index contributed by atoms with van der Waals surface area (Å²) in [5.74, 6) is -0.329. The van der Waals surface area contributed by atoms with Gasteiger partial charge < -0.3 is 4.74 Å². The van der Waals surface area contributed by atoms with Crippen molar-refractivity contribution in [1.29, 1.82) is 0 Å². The van der Waals surface area contributed by atoms with Gasteiger partial charge in [0.05, 0.1) is 17.4 Å². The summed E-state index contributed by atoms with van der Waals surface area (Å²) in [4.78, 5) is 12.2. The molecule has 2 atom stereocenters. The van der Waals surface area contributed by atoms with Crippen molar-refractivity contribution in [3.63, 3.8) is 0 Å². The Labute approximate surface area is 166 Å². The molecule has 0 fully saturated rings. The summed E-state index contributed by atoms with van der Waals surface area (Å²) in [6, 6.07) is 7.08. The highest BCUT2D eigenvalue weighted by atomic mass is 19.1. The molecule has 0 saturated heterocycles. The van der Waals surface area contributed by atoms with Crippen LogP contribution >= 0.6 is 0 Å². The number of hydrogen-bond acceptors (Lipinski definition) is 4. The smallest absolute Gasteiger partial charge is 0.338 e. The van der Waals surface area contributed by atoms with Crippen molar-refractivity contribution >= 4 is 5.97 Å². The van der Waals surface area contributed by atoms with Crippen LogP contribution in [-0.4, -0.2) is 27.1 Å². The highest BCUT2D eigenvalue weighted by Crippen LogP contribution is 2.38. The minimum atomic E-state index is -1.53. The van der Waals surface area contributed by atoms with Gasteiger partial charge in [0.1, 0.15) is 5.69 Å². The average molecular weight is 387 g/mol. The van der Waals surface area contributed by atoms with E-state index in [-0.39, 0.29) is 18.5 Å². The molecule has 0 aliphatic heterocycles. The van der Waals surface area contributed by atoms with E-state index in [1.165, 1.54) is 0 Å². The minimum absolute atomic E-state index is 0.101. The van der Waals surface area contributed by atoms with Gasteiger partial charge in [-0.2, -0.15) is 0 Å². The number of nitrogens with zero attached hydrogens (tertiary/aromatic N) is 3. The molecule has 0 amide bonds. The standard InChI is InChI=1S/C22H30FN3O2/c1-4-8-16(2)28-21(27)18-12-10-17(11-13-18)15-22(23)14-7-5-6-9-19-20(22)24-25-26(19)3/h10-13,16H,4-9,14-15H2,1-3H3. The molecular weight excluding hydrogens is 357 g/mol. The van der Waals surface area contributed by atoms with Crippen LogP contribution in [0.4, 0.5) is 4.39 Å². The molecule has 0 bridgehead atoms. The number of aryl methyl sites for hydroxylation is 1. The molecule has 0 N–H and O–H groups in total. The number of hydrogen-bond donors (Lipinski definition) is 0. The fraction of sp³-hybridized carbons (Fsp3) is 0.591. The first-order chi connectivity index (χ1) is 13.4. The van der Waals surface area contributed by atoms with E-state index in [9.17, 15) is 4.79 Å². The maximum absolute atomic E-state index is 16.0. The molecule has 3 rings (SSSR count). The van der Waals surface area contributed by atoms with E-state index in [0.717, 1.165) is 49.8 Å². The normalized spacial score (nSPS) is 20.7. The van der Waals surface area contributed by atoms with Gasteiger partial charge in [-0.15, -0.1) is 5.10 Å². The number of carbonyl (C=O) groups is 1. The summed E-state index contributed by atoms with van der Waals surface area (Å²) in [6.07, 6.45) is 6.09. The van der Waals surface area contributed by atoms with Gasteiger partial charge in [-0.25, -0.2) is 9.18 Å². The molecule has 5 nitrogen and oxygen atoms in total. The van der Waals surface area contributed by atoms with Crippen molar-refractivity contribution in [3.05, 3.63) is 46.8 Å². The SMILES string of the molecule is CCCC(C)OC(=O)c1ccc(CC2(F)CCCCCc3c2nnn3C)cc1. The van der Waals surface area contributed by atoms with Gasteiger partial charge in [-0.05, 0) is 56.7 Å². The predicted octanol–water partition coefficient (Wildman–Crippen LogP) is 4.68. The van der Waals surface area contributed by atoms with Crippen molar-refractivity contribution in [2.24, 2.45) is 7.05 Å². The lowest BCUT2D eigenvalue weighted by Gasteiger charge is -2.26. The maximum atomic E-state index is 16.0. The first-order valence-corrected chi connectivity index (χ1v) is 10.3. The second-order valence-electron chi connectivity index (χ2n) is 7.91. The first-order valence-electron chi connectivity index (χ1n) is 10.3. The van der Waals surface area contributed by atoms with Gasteiger partial charge >= 0.3 is 5.97 Å². The number of fused-ring (bicyclic) bond motifs is 1. The van der Waals surface area contributed by atoms with Crippen LogP contribution in [-0.2, 0) is 30.3 Å². The van der Waals surface area contributed by atoms with Crippen LogP contribution in [0.5, 0.6) is 0 Å². The van der Waals surface area contributed by atoms with E-state index < -0.39 is 5.67 Å². The maximum Gasteiger partial charge on any atom is 0.338 e. The van der Waals surface area contributed by atoms with E-state index in [1.807, 2.05) is 26.1 Å². The van der Waals surface area contributed by atoms with Crippen molar-refractivity contribution < 1.29 is 13.9 Å². The molecule has 6 heteroatoms. The zero-order valence-corrected chi connectivity index (χ0v) is 17.1. The lowest BCUT2D eigenvalue weighted by molar-refractivity contribution is 0.0323. The van der Waals surface area contributed by atoms with Gasteiger partial charge in [0.15, 0.2) is 5.67 Å². The molecule has 0 radical (unpaired) electrons. The highest BCUT2D eigenvalue weighted by molar-refractivity contribution is 5.89. The van der Waals surface area contributed by atoms with Gasteiger partial charge in [-0.3, -0.25) is 4.68 Å². The number of alkyl halides is 1. The summed E-state index contributed by atoms with van der Waals surface area (Å²) >= 11 is 0. The number of halogens is 1. The van der Waals surface area contributed by atoms with Gasteiger partial charge in [-0.1, -0.05) is 37.1 Å². The Morgan fingerprint density at radius 3 is 2.75 bits per heavy atom. The molecule has 1 aromatic carbocycles. The Balaban J connectivity index is 1.75. The molecule has 1 heterocycles. The number of rotatable bonds is 6. The molecule has 1 aliphatic rings. The van der Waals surface area contributed by atoms with Crippen LogP contribution in [0.25, 0.3) is 0 Å². The number of carbonyl (C=O) groups excluding carboxylic acids is 1. The first kappa shape index (κ1) is 20.5. The summed E-state index contributed by atoms with van der Waals surface area (Å²) in [6.45, 7) is 3.96. The Morgan fingerprint density at radius 2 is 2.04 bits per heavy atom. The summed E-state index contributed by atoms with van der Waals surface area (Å²) in [5, 5.41) is 8.23. The van der Waals surface area contributed by atoms with Crippen molar-refractivity contribution in [3.8, 4) is 0 Å². The van der Waals surface area contributed by atoms with Crippen LogP contribution in [0.15, 0.2) is 24.3 Å². The minimum Gasteiger partial charge on any atom is -0.459 e. The molecule has 2 unspecified atom stereocenters. The third-order valence-corrected chi connectivity index (χ3v) is 5.53. The van der Waals surface area contributed by atoms with E-state index in [4.69, 9.17) is 4.74 Å². The Bertz CT molecular complexity index is 803. The molecule has 1 aromatic heterocycles. The van der Waals surface area contributed by atoms with E-state index in [2.05, 4.69) is 17.2 Å². The number of benzene rings is 1. The number of esters is 1. The van der Waals surface area contributed by atoms with E-state index in [0.29, 0.717) is 17.7 Å². The van der Waals surface area contributed by atoms with Crippen LogP contribution < -0.4 is 0 Å². The van der Waals surface area contributed by atoms with Gasteiger partial charge in [0.25, 0.3) is 0 Å². The number of ether oxygens (including phenoxy) is 1. The van der Waals surface area contributed by atoms with Gasteiger partial charge in [0, 0.05) is 13.5 Å². The summed E-state index contributed by atoms with van der Waals surface area (Å²) in [5.41, 5.74) is 1.19. The molecule has 0 saturated carbocycles. The average Bonchev–Trinajstić information content (AvgIpc) is 3.01. The zero-order valence-electron chi connectivity index (χ0n) is 17.1. The third kappa shape index (κ3) is 4.59. The Hall–Kier alpha value is -2.24. The Morgan fingerprint density at radius 1 is 1.29 bits per heavy atom. The molecule has 1 aliphatic carbocycles. The van der Waals surface area contributed by atoms with Crippen LogP contribution in [0.3, 0.4) is 0 Å². The van der Waals surface area contributed by atoms with Crippen molar-refractivity contribution in [2.75, 3.05) is 0 Å². The molecule has 2 aromatic rings.